The molecule has 0 spiro atoms. The highest BCUT2D eigenvalue weighted by molar-refractivity contribution is 5.99. The third-order valence-electron chi connectivity index (χ3n) is 4.30. The van der Waals surface area contributed by atoms with Crippen LogP contribution in [0.5, 0.6) is 0 Å². The maximum atomic E-state index is 12.6. The van der Waals surface area contributed by atoms with Gasteiger partial charge in [0, 0.05) is 18.0 Å². The fourth-order valence-corrected chi connectivity index (χ4v) is 2.99. The molecule has 0 atom stereocenters. The molecule has 0 aliphatic heterocycles. The van der Waals surface area contributed by atoms with Crippen molar-refractivity contribution in [1.29, 1.82) is 0 Å². The van der Waals surface area contributed by atoms with E-state index >= 15 is 0 Å². The van der Waals surface area contributed by atoms with Crippen molar-refractivity contribution >= 4 is 5.78 Å². The molecule has 19 heavy (non-hydrogen) atoms. The average Bonchev–Trinajstić information content (AvgIpc) is 2.98. The minimum Gasteiger partial charge on any atom is -0.300 e. The van der Waals surface area contributed by atoms with Gasteiger partial charge in [0.05, 0.1) is 0 Å². The van der Waals surface area contributed by atoms with E-state index in [1.165, 1.54) is 18.4 Å². The van der Waals surface area contributed by atoms with E-state index in [1.807, 2.05) is 18.2 Å². The van der Waals surface area contributed by atoms with Gasteiger partial charge in [0.2, 0.25) is 0 Å². The molecule has 0 saturated heterocycles. The number of hydrogen-bond donors (Lipinski definition) is 0. The molecule has 0 bridgehead atoms. The van der Waals surface area contributed by atoms with Gasteiger partial charge in [-0.3, -0.25) is 9.69 Å². The number of carbonyl (C=O) groups is 1. The number of carbonyl (C=O) groups excluding carboxylic acids is 1. The predicted octanol–water partition coefficient (Wildman–Crippen LogP) is 3.90. The Balaban J connectivity index is 2.17. The van der Waals surface area contributed by atoms with Gasteiger partial charge in [-0.15, -0.1) is 0 Å². The molecule has 104 valence electrons. The molecule has 0 radical (unpaired) electrons. The first-order valence-corrected chi connectivity index (χ1v) is 7.60. The second-order valence-electron chi connectivity index (χ2n) is 5.46. The lowest BCUT2D eigenvalue weighted by Crippen LogP contribution is -2.24. The fraction of sp³-hybridized carbons (Fsp3) is 0.588. The first kappa shape index (κ1) is 14.3. The zero-order valence-electron chi connectivity index (χ0n) is 12.2. The lowest BCUT2D eigenvalue weighted by Gasteiger charge is -2.20. The lowest BCUT2D eigenvalue weighted by molar-refractivity contribution is 0.0921. The maximum absolute atomic E-state index is 12.6. The second-order valence-corrected chi connectivity index (χ2v) is 5.46. The molecular formula is C17H25NO. The van der Waals surface area contributed by atoms with Crippen LogP contribution < -0.4 is 0 Å². The number of hydrogen-bond acceptors (Lipinski definition) is 2. The van der Waals surface area contributed by atoms with Gasteiger partial charge in [-0.2, -0.15) is 0 Å². The lowest BCUT2D eigenvalue weighted by atomic mass is 9.93. The summed E-state index contributed by atoms with van der Waals surface area (Å²) in [6.45, 7) is 7.29. The number of rotatable bonds is 6. The molecule has 0 aromatic heterocycles. The summed E-state index contributed by atoms with van der Waals surface area (Å²) in [7, 11) is 0. The van der Waals surface area contributed by atoms with Crippen molar-refractivity contribution in [1.82, 2.24) is 4.90 Å². The molecule has 0 unspecified atom stereocenters. The van der Waals surface area contributed by atoms with Crippen molar-refractivity contribution in [3.05, 3.63) is 35.4 Å². The number of benzene rings is 1. The highest BCUT2D eigenvalue weighted by atomic mass is 16.1. The van der Waals surface area contributed by atoms with E-state index in [-0.39, 0.29) is 5.92 Å². The van der Waals surface area contributed by atoms with Gasteiger partial charge in [0.25, 0.3) is 0 Å². The van der Waals surface area contributed by atoms with Crippen LogP contribution in [0.15, 0.2) is 24.3 Å². The minimum absolute atomic E-state index is 0.276. The summed E-state index contributed by atoms with van der Waals surface area (Å²) >= 11 is 0. The molecule has 1 aromatic carbocycles. The molecule has 2 nitrogen and oxygen atoms in total. The smallest absolute Gasteiger partial charge is 0.166 e. The molecule has 1 aromatic rings. The summed E-state index contributed by atoms with van der Waals surface area (Å²) in [6.07, 6.45) is 4.60. The van der Waals surface area contributed by atoms with Gasteiger partial charge in [-0.05, 0) is 31.5 Å². The van der Waals surface area contributed by atoms with Crippen molar-refractivity contribution < 1.29 is 4.79 Å². The molecule has 1 aliphatic rings. The van der Waals surface area contributed by atoms with E-state index in [0.29, 0.717) is 5.78 Å². The third-order valence-corrected chi connectivity index (χ3v) is 4.30. The van der Waals surface area contributed by atoms with Crippen LogP contribution in [0.4, 0.5) is 0 Å². The zero-order valence-corrected chi connectivity index (χ0v) is 12.2. The zero-order chi connectivity index (χ0) is 13.7. The molecule has 0 N–H and O–H groups in total. The van der Waals surface area contributed by atoms with Crippen LogP contribution in [0.3, 0.4) is 0 Å². The Hall–Kier alpha value is -1.15. The van der Waals surface area contributed by atoms with Gasteiger partial charge in [0.1, 0.15) is 0 Å². The van der Waals surface area contributed by atoms with Crippen LogP contribution >= 0.6 is 0 Å². The summed E-state index contributed by atoms with van der Waals surface area (Å²) in [6, 6.07) is 8.16. The highest BCUT2D eigenvalue weighted by Crippen LogP contribution is 2.29. The topological polar surface area (TPSA) is 20.3 Å². The molecule has 2 rings (SSSR count). The Kier molecular flexibility index (Phi) is 5.15. The largest absolute Gasteiger partial charge is 0.300 e. The number of nitrogens with zero attached hydrogens (tertiary/aromatic N) is 1. The minimum atomic E-state index is 0.276. The Bertz CT molecular complexity index is 417. The Morgan fingerprint density at radius 1 is 1.16 bits per heavy atom. The quantitative estimate of drug-likeness (QED) is 0.722. The van der Waals surface area contributed by atoms with E-state index in [4.69, 9.17) is 0 Å². The number of Topliss-reactive ketones (excluding diaryl/α,β-unsaturated/α-hetero) is 1. The molecule has 2 heteroatoms. The van der Waals surface area contributed by atoms with Crippen LogP contribution in [0.25, 0.3) is 0 Å². The molecule has 0 heterocycles. The van der Waals surface area contributed by atoms with Crippen LogP contribution in [0.2, 0.25) is 0 Å². The standard InChI is InChI=1S/C17H25NO/c1-3-18(4-2)13-15-11-7-8-12-16(15)17(19)14-9-5-6-10-14/h7-8,11-12,14H,3-6,9-10,13H2,1-2H3. The molecular weight excluding hydrogens is 234 g/mol. The van der Waals surface area contributed by atoms with E-state index in [0.717, 1.165) is 38.0 Å². The van der Waals surface area contributed by atoms with Gasteiger partial charge < -0.3 is 0 Å². The molecule has 1 fully saturated rings. The number of ketones is 1. The summed E-state index contributed by atoms with van der Waals surface area (Å²) in [5, 5.41) is 0. The monoisotopic (exact) mass is 259 g/mol. The van der Waals surface area contributed by atoms with E-state index in [9.17, 15) is 4.79 Å². The van der Waals surface area contributed by atoms with Crippen LogP contribution in [-0.4, -0.2) is 23.8 Å². The maximum Gasteiger partial charge on any atom is 0.166 e. The van der Waals surface area contributed by atoms with Crippen molar-refractivity contribution in [2.75, 3.05) is 13.1 Å². The Morgan fingerprint density at radius 3 is 2.42 bits per heavy atom. The molecule has 1 aliphatic carbocycles. The van der Waals surface area contributed by atoms with E-state index in [1.54, 1.807) is 0 Å². The van der Waals surface area contributed by atoms with Crippen molar-refractivity contribution in [2.45, 2.75) is 46.1 Å². The first-order valence-electron chi connectivity index (χ1n) is 7.60. The highest BCUT2D eigenvalue weighted by Gasteiger charge is 2.25. The van der Waals surface area contributed by atoms with Crippen molar-refractivity contribution in [2.24, 2.45) is 5.92 Å². The van der Waals surface area contributed by atoms with Gasteiger partial charge >= 0.3 is 0 Å². The molecule has 1 saturated carbocycles. The van der Waals surface area contributed by atoms with E-state index < -0.39 is 0 Å². The van der Waals surface area contributed by atoms with Gasteiger partial charge in [-0.25, -0.2) is 0 Å². The van der Waals surface area contributed by atoms with E-state index in [2.05, 4.69) is 24.8 Å². The Labute approximate surface area is 116 Å². The van der Waals surface area contributed by atoms with Gasteiger partial charge in [0.15, 0.2) is 5.78 Å². The third kappa shape index (κ3) is 3.44. The van der Waals surface area contributed by atoms with Crippen LogP contribution in [0.1, 0.15) is 55.5 Å². The average molecular weight is 259 g/mol. The summed E-state index contributed by atoms with van der Waals surface area (Å²) in [4.78, 5) is 15.0. The van der Waals surface area contributed by atoms with Crippen LogP contribution in [0, 0.1) is 5.92 Å². The SMILES string of the molecule is CCN(CC)Cc1ccccc1C(=O)C1CCCC1. The Morgan fingerprint density at radius 2 is 1.79 bits per heavy atom. The molecule has 0 amide bonds. The van der Waals surface area contributed by atoms with Crippen molar-refractivity contribution in [3.63, 3.8) is 0 Å². The summed E-state index contributed by atoms with van der Waals surface area (Å²) in [5.74, 6) is 0.651. The first-order chi connectivity index (χ1) is 9.26. The van der Waals surface area contributed by atoms with Gasteiger partial charge in [-0.1, -0.05) is 51.0 Å². The normalized spacial score (nSPS) is 16.2. The van der Waals surface area contributed by atoms with Crippen LogP contribution in [-0.2, 0) is 6.54 Å². The summed E-state index contributed by atoms with van der Waals surface area (Å²) < 4.78 is 0. The van der Waals surface area contributed by atoms with Crippen molar-refractivity contribution in [3.8, 4) is 0 Å². The fourth-order valence-electron chi connectivity index (χ4n) is 2.99. The second kappa shape index (κ2) is 6.85. The predicted molar refractivity (Wildman–Crippen MR) is 79.4 cm³/mol. The summed E-state index contributed by atoms with van der Waals surface area (Å²) in [5.41, 5.74) is 2.16.